The van der Waals surface area contributed by atoms with Crippen molar-refractivity contribution in [3.05, 3.63) is 72.0 Å². The van der Waals surface area contributed by atoms with Crippen molar-refractivity contribution in [3.8, 4) is 17.1 Å². The van der Waals surface area contributed by atoms with Gasteiger partial charge < -0.3 is 15.2 Å². The van der Waals surface area contributed by atoms with E-state index in [-0.39, 0.29) is 6.54 Å². The summed E-state index contributed by atoms with van der Waals surface area (Å²) < 4.78 is 20.9. The third-order valence-corrected chi connectivity index (χ3v) is 4.35. The maximum absolute atomic E-state index is 14.1. The Hall–Kier alpha value is -3.52. The molecule has 0 radical (unpaired) electrons. The van der Waals surface area contributed by atoms with Gasteiger partial charge in [-0.15, -0.1) is 15.3 Å². The van der Waals surface area contributed by atoms with Crippen LogP contribution >= 0.6 is 0 Å². The minimum atomic E-state index is -0.791. The lowest BCUT2D eigenvalue weighted by atomic mass is 10.1. The number of aliphatic hydroxyl groups excluding tert-OH is 1. The van der Waals surface area contributed by atoms with Crippen molar-refractivity contribution in [2.45, 2.75) is 6.10 Å². The van der Waals surface area contributed by atoms with E-state index in [4.69, 9.17) is 4.74 Å². The molecular weight excluding hydrogens is 361 g/mol. The van der Waals surface area contributed by atoms with Crippen molar-refractivity contribution < 1.29 is 14.2 Å². The summed E-state index contributed by atoms with van der Waals surface area (Å²) >= 11 is 0. The molecule has 2 N–H and O–H groups in total. The van der Waals surface area contributed by atoms with E-state index in [1.54, 1.807) is 49.6 Å². The van der Waals surface area contributed by atoms with Gasteiger partial charge in [0.05, 0.1) is 18.8 Å². The molecule has 4 rings (SSSR count). The highest BCUT2D eigenvalue weighted by Gasteiger charge is 2.15. The Kier molecular flexibility index (Phi) is 4.86. The van der Waals surface area contributed by atoms with Gasteiger partial charge >= 0.3 is 0 Å². The number of ether oxygens (including phenoxy) is 1. The van der Waals surface area contributed by atoms with Gasteiger partial charge in [0, 0.05) is 12.1 Å². The zero-order chi connectivity index (χ0) is 19.5. The van der Waals surface area contributed by atoms with Crippen LogP contribution in [0.3, 0.4) is 0 Å². The van der Waals surface area contributed by atoms with Gasteiger partial charge in [0.25, 0.3) is 0 Å². The highest BCUT2D eigenvalue weighted by molar-refractivity contribution is 5.60. The first kappa shape index (κ1) is 17.9. The number of nitrogens with zero attached hydrogens (tertiary/aromatic N) is 4. The number of aliphatic hydroxyl groups is 1. The van der Waals surface area contributed by atoms with E-state index in [0.717, 1.165) is 0 Å². The van der Waals surface area contributed by atoms with Crippen molar-refractivity contribution >= 4 is 11.5 Å². The predicted octanol–water partition coefficient (Wildman–Crippen LogP) is 3.08. The third kappa shape index (κ3) is 3.37. The predicted molar refractivity (Wildman–Crippen MR) is 103 cm³/mol. The van der Waals surface area contributed by atoms with Crippen molar-refractivity contribution in [2.75, 3.05) is 19.0 Å². The number of aromatic nitrogens is 4. The summed E-state index contributed by atoms with van der Waals surface area (Å²) in [7, 11) is 1.56. The molecule has 7 nitrogen and oxygen atoms in total. The number of anilines is 1. The van der Waals surface area contributed by atoms with Crippen LogP contribution in [-0.2, 0) is 0 Å². The van der Waals surface area contributed by atoms with Crippen LogP contribution in [-0.4, -0.2) is 38.6 Å². The van der Waals surface area contributed by atoms with Crippen LogP contribution in [0.1, 0.15) is 11.7 Å². The zero-order valence-electron chi connectivity index (χ0n) is 15.1. The summed E-state index contributed by atoms with van der Waals surface area (Å²) in [6.45, 7) is 0.218. The lowest BCUT2D eigenvalue weighted by Crippen LogP contribution is -2.14. The van der Waals surface area contributed by atoms with Gasteiger partial charge in [-0.05, 0) is 30.3 Å². The fourth-order valence-electron chi connectivity index (χ4n) is 2.95. The molecule has 2 aromatic carbocycles. The lowest BCUT2D eigenvalue weighted by Gasteiger charge is -2.15. The van der Waals surface area contributed by atoms with E-state index in [9.17, 15) is 9.50 Å². The molecule has 1 atom stereocenters. The molecule has 0 aliphatic rings. The Labute approximate surface area is 160 Å². The Morgan fingerprint density at radius 1 is 1.07 bits per heavy atom. The van der Waals surface area contributed by atoms with Crippen molar-refractivity contribution in [1.29, 1.82) is 0 Å². The van der Waals surface area contributed by atoms with Gasteiger partial charge in [0.2, 0.25) is 0 Å². The van der Waals surface area contributed by atoms with E-state index in [0.29, 0.717) is 34.2 Å². The monoisotopic (exact) mass is 379 g/mol. The van der Waals surface area contributed by atoms with Crippen molar-refractivity contribution in [3.63, 3.8) is 0 Å². The summed E-state index contributed by atoms with van der Waals surface area (Å²) in [6.07, 6.45) is -0.791. The van der Waals surface area contributed by atoms with Gasteiger partial charge in [0.15, 0.2) is 11.5 Å². The maximum Gasteiger partial charge on any atom is 0.188 e. The van der Waals surface area contributed by atoms with Crippen molar-refractivity contribution in [2.24, 2.45) is 0 Å². The molecule has 8 heteroatoms. The fraction of sp³-hybridized carbons (Fsp3) is 0.150. The molecule has 0 amide bonds. The summed E-state index contributed by atoms with van der Waals surface area (Å²) in [6, 6.07) is 17.1. The molecule has 142 valence electrons. The normalized spacial score (nSPS) is 12.1. The first-order chi connectivity index (χ1) is 13.7. The second kappa shape index (κ2) is 7.61. The zero-order valence-corrected chi connectivity index (χ0v) is 15.1. The first-order valence-electron chi connectivity index (χ1n) is 8.69. The molecule has 0 unspecified atom stereocenters. The Morgan fingerprint density at radius 2 is 1.86 bits per heavy atom. The summed E-state index contributed by atoms with van der Waals surface area (Å²) in [5, 5.41) is 26.1. The van der Waals surface area contributed by atoms with Crippen LogP contribution in [0.25, 0.3) is 17.0 Å². The molecule has 2 aromatic heterocycles. The minimum Gasteiger partial charge on any atom is -0.496 e. The second-order valence-corrected chi connectivity index (χ2v) is 6.13. The van der Waals surface area contributed by atoms with Gasteiger partial charge in [0.1, 0.15) is 17.4 Å². The van der Waals surface area contributed by atoms with Gasteiger partial charge in [-0.25, -0.2) is 4.39 Å². The number of fused-ring (bicyclic) bond motifs is 1. The van der Waals surface area contributed by atoms with E-state index < -0.39 is 11.9 Å². The SMILES string of the molecule is COc1ccccc1[C@H](O)CNc1ccc2nnc(-c3ccccc3F)n2n1. The number of hydrogen-bond acceptors (Lipinski definition) is 6. The van der Waals surface area contributed by atoms with Crippen LogP contribution in [0.5, 0.6) is 5.75 Å². The largest absolute Gasteiger partial charge is 0.496 e. The van der Waals surface area contributed by atoms with Gasteiger partial charge in [-0.2, -0.15) is 4.52 Å². The average Bonchev–Trinajstić information content (AvgIpc) is 3.15. The molecule has 0 bridgehead atoms. The number of benzene rings is 2. The average molecular weight is 379 g/mol. The quantitative estimate of drug-likeness (QED) is 0.536. The second-order valence-electron chi connectivity index (χ2n) is 6.13. The molecular formula is C20H18FN5O2. The van der Waals surface area contributed by atoms with E-state index in [1.807, 2.05) is 12.1 Å². The molecule has 0 spiro atoms. The first-order valence-corrected chi connectivity index (χ1v) is 8.69. The molecule has 0 saturated heterocycles. The molecule has 0 fully saturated rings. The summed E-state index contributed by atoms with van der Waals surface area (Å²) in [5.74, 6) is 1.02. The Morgan fingerprint density at radius 3 is 2.68 bits per heavy atom. The van der Waals surface area contributed by atoms with Crippen LogP contribution in [0.15, 0.2) is 60.7 Å². The third-order valence-electron chi connectivity index (χ3n) is 4.35. The van der Waals surface area contributed by atoms with Gasteiger partial charge in [-0.3, -0.25) is 0 Å². The Bertz CT molecular complexity index is 1110. The van der Waals surface area contributed by atoms with Crippen LogP contribution in [0.4, 0.5) is 10.2 Å². The Balaban J connectivity index is 1.58. The smallest absolute Gasteiger partial charge is 0.188 e. The fourth-order valence-corrected chi connectivity index (χ4v) is 2.95. The number of halogens is 1. The number of methoxy groups -OCH3 is 1. The molecule has 2 heterocycles. The highest BCUT2D eigenvalue weighted by Crippen LogP contribution is 2.25. The summed E-state index contributed by atoms with van der Waals surface area (Å²) in [5.41, 5.74) is 1.48. The molecule has 0 aliphatic heterocycles. The maximum atomic E-state index is 14.1. The standard InChI is InChI=1S/C20H18FN5O2/c1-28-17-9-5-3-7-14(17)16(27)12-22-18-10-11-19-23-24-20(26(19)25-18)13-6-2-4-8-15(13)21/h2-11,16,27H,12H2,1H3,(H,22,25)/t16-/m1/s1. The number of para-hydroxylation sites is 1. The van der Waals surface area contributed by atoms with E-state index in [2.05, 4.69) is 20.6 Å². The van der Waals surface area contributed by atoms with E-state index >= 15 is 0 Å². The highest BCUT2D eigenvalue weighted by atomic mass is 19.1. The van der Waals surface area contributed by atoms with E-state index in [1.165, 1.54) is 10.6 Å². The number of nitrogens with one attached hydrogen (secondary N) is 1. The number of hydrogen-bond donors (Lipinski definition) is 2. The molecule has 0 saturated carbocycles. The minimum absolute atomic E-state index is 0.218. The number of rotatable bonds is 6. The van der Waals surface area contributed by atoms with Crippen LogP contribution < -0.4 is 10.1 Å². The molecule has 0 aliphatic carbocycles. The van der Waals surface area contributed by atoms with Crippen LogP contribution in [0, 0.1) is 5.82 Å². The molecule has 4 aromatic rings. The van der Waals surface area contributed by atoms with Gasteiger partial charge in [-0.1, -0.05) is 30.3 Å². The lowest BCUT2D eigenvalue weighted by molar-refractivity contribution is 0.186. The summed E-state index contributed by atoms with van der Waals surface area (Å²) in [4.78, 5) is 0. The van der Waals surface area contributed by atoms with Crippen LogP contribution in [0.2, 0.25) is 0 Å². The molecule has 28 heavy (non-hydrogen) atoms. The topological polar surface area (TPSA) is 84.6 Å². The van der Waals surface area contributed by atoms with Crippen molar-refractivity contribution in [1.82, 2.24) is 19.8 Å².